The molecular weight excluding hydrogens is 255 g/mol. The van der Waals surface area contributed by atoms with Crippen molar-refractivity contribution in [3.63, 3.8) is 0 Å². The van der Waals surface area contributed by atoms with Gasteiger partial charge in [0.05, 0.1) is 5.69 Å². The zero-order chi connectivity index (χ0) is 13.9. The van der Waals surface area contributed by atoms with Gasteiger partial charge in [-0.25, -0.2) is 4.39 Å². The van der Waals surface area contributed by atoms with Gasteiger partial charge in [0.15, 0.2) is 5.82 Å². The first kappa shape index (κ1) is 13.1. The number of hydrogen-bond donors (Lipinski definition) is 2. The summed E-state index contributed by atoms with van der Waals surface area (Å²) in [7, 11) is 0. The van der Waals surface area contributed by atoms with E-state index in [-0.39, 0.29) is 5.82 Å². The van der Waals surface area contributed by atoms with Crippen molar-refractivity contribution in [1.29, 1.82) is 0 Å². The van der Waals surface area contributed by atoms with E-state index < -0.39 is 0 Å². The number of nitrogens with zero attached hydrogens (tertiary/aromatic N) is 2. The van der Waals surface area contributed by atoms with E-state index in [2.05, 4.69) is 15.1 Å². The van der Waals surface area contributed by atoms with Crippen molar-refractivity contribution in [1.82, 2.24) is 10.2 Å². The quantitative estimate of drug-likeness (QED) is 0.903. The van der Waals surface area contributed by atoms with E-state index in [4.69, 9.17) is 5.73 Å². The Labute approximate surface area is 117 Å². The average molecular weight is 274 g/mol. The molecule has 5 heteroatoms. The van der Waals surface area contributed by atoms with Crippen molar-refractivity contribution < 1.29 is 4.39 Å². The molecule has 3 N–H and O–H groups in total. The number of piperidine rings is 1. The summed E-state index contributed by atoms with van der Waals surface area (Å²) in [6, 6.07) is 8.46. The lowest BCUT2D eigenvalue weighted by atomic mass is 9.97. The summed E-state index contributed by atoms with van der Waals surface area (Å²) in [5.41, 5.74) is 7.57. The number of benzene rings is 1. The van der Waals surface area contributed by atoms with Crippen LogP contribution < -0.4 is 10.6 Å². The summed E-state index contributed by atoms with van der Waals surface area (Å²) in [5, 5.41) is 7.39. The second kappa shape index (κ2) is 5.63. The standard InChI is InChI=1S/C15H19FN4/c16-13-3-1-12(2-4-13)14-9-15(19-18-14)20-7-5-11(10-17)6-8-20/h1-4,9,11H,5-8,10,17H2,(H,18,19). The molecule has 0 radical (unpaired) electrons. The lowest BCUT2D eigenvalue weighted by Crippen LogP contribution is -2.36. The van der Waals surface area contributed by atoms with Gasteiger partial charge in [0.25, 0.3) is 0 Å². The zero-order valence-corrected chi connectivity index (χ0v) is 11.3. The molecule has 1 aliphatic heterocycles. The van der Waals surface area contributed by atoms with Crippen molar-refractivity contribution in [3.8, 4) is 11.3 Å². The summed E-state index contributed by atoms with van der Waals surface area (Å²) in [6.45, 7) is 2.76. The van der Waals surface area contributed by atoms with Gasteiger partial charge in [-0.15, -0.1) is 0 Å². The van der Waals surface area contributed by atoms with Crippen LogP contribution in [-0.4, -0.2) is 29.8 Å². The number of halogens is 1. The SMILES string of the molecule is NCC1CCN(c2cc(-c3ccc(F)cc3)[nH]n2)CC1. The molecular formula is C15H19FN4. The van der Waals surface area contributed by atoms with Crippen LogP contribution >= 0.6 is 0 Å². The number of rotatable bonds is 3. The first-order valence-corrected chi connectivity index (χ1v) is 7.02. The Morgan fingerprint density at radius 2 is 1.95 bits per heavy atom. The third kappa shape index (κ3) is 2.67. The van der Waals surface area contributed by atoms with Crippen LogP contribution in [0.4, 0.5) is 10.2 Å². The molecule has 20 heavy (non-hydrogen) atoms. The van der Waals surface area contributed by atoms with E-state index >= 15 is 0 Å². The summed E-state index contributed by atoms with van der Waals surface area (Å²) >= 11 is 0. The van der Waals surface area contributed by atoms with Gasteiger partial charge < -0.3 is 10.6 Å². The van der Waals surface area contributed by atoms with Crippen molar-refractivity contribution in [2.24, 2.45) is 11.7 Å². The van der Waals surface area contributed by atoms with Crippen LogP contribution in [0.2, 0.25) is 0 Å². The van der Waals surface area contributed by atoms with Crippen LogP contribution in [-0.2, 0) is 0 Å². The van der Waals surface area contributed by atoms with E-state index in [9.17, 15) is 4.39 Å². The van der Waals surface area contributed by atoms with Crippen molar-refractivity contribution in [2.45, 2.75) is 12.8 Å². The minimum atomic E-state index is -0.225. The van der Waals surface area contributed by atoms with Crippen LogP contribution in [0.15, 0.2) is 30.3 Å². The maximum Gasteiger partial charge on any atom is 0.150 e. The molecule has 3 rings (SSSR count). The predicted octanol–water partition coefficient (Wildman–Crippen LogP) is 2.39. The van der Waals surface area contributed by atoms with E-state index in [1.54, 1.807) is 12.1 Å². The third-order valence-electron chi connectivity index (χ3n) is 3.99. The second-order valence-electron chi connectivity index (χ2n) is 5.31. The van der Waals surface area contributed by atoms with Gasteiger partial charge >= 0.3 is 0 Å². The van der Waals surface area contributed by atoms with Gasteiger partial charge in [-0.2, -0.15) is 5.10 Å². The molecule has 106 valence electrons. The normalized spacial score (nSPS) is 16.6. The Hall–Kier alpha value is -1.88. The van der Waals surface area contributed by atoms with Gasteiger partial charge in [0, 0.05) is 19.2 Å². The average Bonchev–Trinajstić information content (AvgIpc) is 2.98. The Bertz CT molecular complexity index is 556. The van der Waals surface area contributed by atoms with Gasteiger partial charge in [0.2, 0.25) is 0 Å². The fraction of sp³-hybridized carbons (Fsp3) is 0.400. The van der Waals surface area contributed by atoms with Crippen molar-refractivity contribution in [3.05, 3.63) is 36.1 Å². The summed E-state index contributed by atoms with van der Waals surface area (Å²) < 4.78 is 12.9. The highest BCUT2D eigenvalue weighted by molar-refractivity contribution is 5.63. The van der Waals surface area contributed by atoms with Gasteiger partial charge in [0.1, 0.15) is 5.82 Å². The molecule has 1 aromatic heterocycles. The lowest BCUT2D eigenvalue weighted by Gasteiger charge is -2.31. The maximum absolute atomic E-state index is 12.9. The largest absolute Gasteiger partial charge is 0.355 e. The van der Waals surface area contributed by atoms with E-state index in [1.165, 1.54) is 12.1 Å². The van der Waals surface area contributed by atoms with Crippen LogP contribution in [0.5, 0.6) is 0 Å². The number of H-pyrrole nitrogens is 1. The lowest BCUT2D eigenvalue weighted by molar-refractivity contribution is 0.413. The van der Waals surface area contributed by atoms with E-state index in [0.29, 0.717) is 5.92 Å². The number of aromatic nitrogens is 2. The Morgan fingerprint density at radius 1 is 1.25 bits per heavy atom. The Morgan fingerprint density at radius 3 is 2.60 bits per heavy atom. The number of nitrogens with two attached hydrogens (primary N) is 1. The van der Waals surface area contributed by atoms with Crippen molar-refractivity contribution >= 4 is 5.82 Å². The van der Waals surface area contributed by atoms with E-state index in [0.717, 1.165) is 49.6 Å². The Balaban J connectivity index is 1.72. The highest BCUT2D eigenvalue weighted by atomic mass is 19.1. The molecule has 1 saturated heterocycles. The van der Waals surface area contributed by atoms with Crippen LogP contribution in [0.3, 0.4) is 0 Å². The van der Waals surface area contributed by atoms with E-state index in [1.807, 2.05) is 6.07 Å². The smallest absolute Gasteiger partial charge is 0.150 e. The summed E-state index contributed by atoms with van der Waals surface area (Å²) in [4.78, 5) is 2.27. The van der Waals surface area contributed by atoms with Gasteiger partial charge in [-0.05, 0) is 55.1 Å². The molecule has 4 nitrogen and oxygen atoms in total. The Kier molecular flexibility index (Phi) is 3.69. The number of anilines is 1. The molecule has 2 heterocycles. The molecule has 0 bridgehead atoms. The summed E-state index contributed by atoms with van der Waals surface area (Å²) in [5.74, 6) is 1.37. The predicted molar refractivity (Wildman–Crippen MR) is 78.0 cm³/mol. The molecule has 0 amide bonds. The number of aromatic amines is 1. The molecule has 0 atom stereocenters. The fourth-order valence-corrected chi connectivity index (χ4v) is 2.65. The number of hydrogen-bond acceptors (Lipinski definition) is 3. The highest BCUT2D eigenvalue weighted by Gasteiger charge is 2.20. The summed E-state index contributed by atoms with van der Waals surface area (Å²) in [6.07, 6.45) is 2.24. The monoisotopic (exact) mass is 274 g/mol. The first-order chi connectivity index (χ1) is 9.76. The number of nitrogens with one attached hydrogen (secondary N) is 1. The minimum absolute atomic E-state index is 0.225. The molecule has 0 saturated carbocycles. The molecule has 0 unspecified atom stereocenters. The van der Waals surface area contributed by atoms with Gasteiger partial charge in [-0.3, -0.25) is 5.10 Å². The minimum Gasteiger partial charge on any atom is -0.355 e. The first-order valence-electron chi connectivity index (χ1n) is 7.02. The molecule has 1 fully saturated rings. The maximum atomic E-state index is 12.9. The zero-order valence-electron chi connectivity index (χ0n) is 11.3. The highest BCUT2D eigenvalue weighted by Crippen LogP contribution is 2.25. The fourth-order valence-electron chi connectivity index (χ4n) is 2.65. The van der Waals surface area contributed by atoms with Crippen molar-refractivity contribution in [2.75, 3.05) is 24.5 Å². The third-order valence-corrected chi connectivity index (χ3v) is 3.99. The molecule has 0 spiro atoms. The van der Waals surface area contributed by atoms with Crippen LogP contribution in [0.25, 0.3) is 11.3 Å². The molecule has 1 aromatic carbocycles. The molecule has 0 aliphatic carbocycles. The second-order valence-corrected chi connectivity index (χ2v) is 5.31. The van der Waals surface area contributed by atoms with Gasteiger partial charge in [-0.1, -0.05) is 0 Å². The topological polar surface area (TPSA) is 57.9 Å². The molecule has 2 aromatic rings. The molecule has 1 aliphatic rings. The van der Waals surface area contributed by atoms with Crippen LogP contribution in [0, 0.1) is 11.7 Å². The van der Waals surface area contributed by atoms with Crippen LogP contribution in [0.1, 0.15) is 12.8 Å².